The lowest BCUT2D eigenvalue weighted by Crippen LogP contribution is -2.34. The van der Waals surface area contributed by atoms with E-state index in [1.165, 1.54) is 55.5 Å². The van der Waals surface area contributed by atoms with Crippen LogP contribution in [0.5, 0.6) is 11.5 Å². The topological polar surface area (TPSA) is 158 Å². The van der Waals surface area contributed by atoms with Crippen LogP contribution in [-0.4, -0.2) is 82.0 Å². The van der Waals surface area contributed by atoms with Crippen molar-refractivity contribution in [2.24, 2.45) is 0 Å². The minimum Gasteiger partial charge on any atom is -0.489 e. The van der Waals surface area contributed by atoms with Gasteiger partial charge < -0.3 is 34.3 Å². The second-order valence-electron chi connectivity index (χ2n) is 11.8. The summed E-state index contributed by atoms with van der Waals surface area (Å²) in [6.45, 7) is -1.87. The van der Waals surface area contributed by atoms with Gasteiger partial charge in [0.2, 0.25) is 0 Å². The number of nitrogens with zero attached hydrogens (tertiary/aromatic N) is 1. The van der Waals surface area contributed by atoms with Crippen LogP contribution < -0.4 is 19.7 Å². The minimum atomic E-state index is -4.86. The third-order valence-electron chi connectivity index (χ3n) is 8.15. The van der Waals surface area contributed by atoms with E-state index in [4.69, 9.17) is 14.6 Å². The molecule has 0 radical (unpaired) electrons. The third kappa shape index (κ3) is 12.6. The molecule has 288 valence electrons. The summed E-state index contributed by atoms with van der Waals surface area (Å²) in [6, 6.07) is 15.5. The number of benzene rings is 3. The molecule has 4 rings (SSSR count). The van der Waals surface area contributed by atoms with Gasteiger partial charge in [-0.05, 0) is 66.2 Å². The number of alkyl halides is 5. The molecule has 0 aromatic heterocycles. The first-order valence-electron chi connectivity index (χ1n) is 16.3. The first kappa shape index (κ1) is 40.8. The van der Waals surface area contributed by atoms with Crippen LogP contribution in [-0.2, 0) is 28.9 Å². The molecule has 0 aliphatic carbocycles. The van der Waals surface area contributed by atoms with Gasteiger partial charge in [0.25, 0.3) is 5.91 Å². The molecule has 0 saturated carbocycles. The number of nitrogens with one attached hydrogen (secondary N) is 1. The Bertz CT molecular complexity index is 1790. The summed E-state index contributed by atoms with van der Waals surface area (Å²) in [5.74, 6) is -2.76. The lowest BCUT2D eigenvalue weighted by atomic mass is 10.0. The molecule has 1 aliphatic heterocycles. The highest BCUT2D eigenvalue weighted by Gasteiger charge is 2.35. The average molecular weight is 773 g/mol. The number of esters is 1. The summed E-state index contributed by atoms with van der Waals surface area (Å²) in [5, 5.41) is 11.6. The summed E-state index contributed by atoms with van der Waals surface area (Å²) in [7, 11) is -3.50. The molecule has 18 heteroatoms. The standard InChI is InChI=1S/C35H37F5N2O10S/c1-2-53(47,48)29-13-5-22(6-14-29)30(17-18-49-32(45)16-15-31(43)44)41-33(46)23-3-7-24(8-4-23)42-20-28(19-25(42)21-50-34(36)37)51-26-9-11-27(12-10-26)52-35(38,39)40/h3-14,25,28,30,34H,2,15-21H2,1H3,(H,41,46)(H,43,44)/t25-,28-,30-/m0/s1. The van der Waals surface area contributed by atoms with Crippen molar-refractivity contribution in [3.63, 3.8) is 0 Å². The first-order chi connectivity index (χ1) is 25.0. The number of anilines is 1. The van der Waals surface area contributed by atoms with Crippen LogP contribution in [0.1, 0.15) is 54.6 Å². The summed E-state index contributed by atoms with van der Waals surface area (Å²) in [6.07, 6.45) is -5.87. The highest BCUT2D eigenvalue weighted by Crippen LogP contribution is 2.31. The number of carbonyl (C=O) groups excluding carboxylic acids is 2. The van der Waals surface area contributed by atoms with E-state index in [2.05, 4.69) is 14.8 Å². The summed E-state index contributed by atoms with van der Waals surface area (Å²) in [4.78, 5) is 38.0. The smallest absolute Gasteiger partial charge is 0.489 e. The lowest BCUT2D eigenvalue weighted by Gasteiger charge is -2.26. The molecule has 2 N–H and O–H groups in total. The van der Waals surface area contributed by atoms with E-state index in [1.807, 2.05) is 0 Å². The van der Waals surface area contributed by atoms with Crippen LogP contribution in [0.3, 0.4) is 0 Å². The van der Waals surface area contributed by atoms with Crippen LogP contribution in [0.4, 0.5) is 27.6 Å². The molecule has 0 spiro atoms. The van der Waals surface area contributed by atoms with E-state index >= 15 is 0 Å². The molecule has 53 heavy (non-hydrogen) atoms. The van der Waals surface area contributed by atoms with E-state index in [9.17, 15) is 44.8 Å². The molecule has 1 amide bonds. The zero-order valence-corrected chi connectivity index (χ0v) is 29.1. The van der Waals surface area contributed by atoms with Crippen molar-refractivity contribution in [1.82, 2.24) is 5.32 Å². The summed E-state index contributed by atoms with van der Waals surface area (Å²) < 4.78 is 108. The minimum absolute atomic E-state index is 0.0710. The Morgan fingerprint density at radius 3 is 2.17 bits per heavy atom. The molecule has 0 unspecified atom stereocenters. The number of ether oxygens (including phenoxy) is 4. The zero-order chi connectivity index (χ0) is 38.8. The predicted molar refractivity (Wildman–Crippen MR) is 179 cm³/mol. The lowest BCUT2D eigenvalue weighted by molar-refractivity contribution is -0.274. The van der Waals surface area contributed by atoms with Gasteiger partial charge in [0.05, 0.1) is 55.3 Å². The Kier molecular flexibility index (Phi) is 14.0. The van der Waals surface area contributed by atoms with E-state index in [0.29, 0.717) is 11.3 Å². The molecule has 1 saturated heterocycles. The molecule has 3 aromatic rings. The molecule has 1 aliphatic rings. The molecule has 12 nitrogen and oxygen atoms in total. The monoisotopic (exact) mass is 772 g/mol. The zero-order valence-electron chi connectivity index (χ0n) is 28.3. The molecule has 1 fully saturated rings. The quantitative estimate of drug-likeness (QED) is 0.117. The van der Waals surface area contributed by atoms with Crippen molar-refractivity contribution in [2.45, 2.75) is 68.7 Å². The Morgan fingerprint density at radius 1 is 0.943 bits per heavy atom. The molecule has 3 aromatic carbocycles. The van der Waals surface area contributed by atoms with Gasteiger partial charge in [-0.15, -0.1) is 13.2 Å². The molecular formula is C35H37F5N2O10S. The fraction of sp³-hybridized carbons (Fsp3) is 0.400. The van der Waals surface area contributed by atoms with Crippen molar-refractivity contribution >= 4 is 33.4 Å². The van der Waals surface area contributed by atoms with Gasteiger partial charge in [0, 0.05) is 24.1 Å². The number of carbonyl (C=O) groups is 3. The number of rotatable bonds is 18. The number of sulfone groups is 1. The average Bonchev–Trinajstić information content (AvgIpc) is 3.52. The SMILES string of the molecule is CCS(=O)(=O)c1ccc([C@H](CCOC(=O)CCC(=O)O)NC(=O)c2ccc(N3C[C@@H](Oc4ccc(OC(F)(F)F)cc4)C[C@H]3COC(F)F)cc2)cc1. The maximum absolute atomic E-state index is 13.4. The first-order valence-corrected chi connectivity index (χ1v) is 18.0. The number of carboxylic acids is 1. The normalized spacial score (nSPS) is 16.6. The van der Waals surface area contributed by atoms with E-state index in [1.54, 1.807) is 17.0 Å². The number of amides is 1. The van der Waals surface area contributed by atoms with Crippen molar-refractivity contribution in [3.8, 4) is 11.5 Å². The second-order valence-corrected chi connectivity index (χ2v) is 14.1. The fourth-order valence-electron chi connectivity index (χ4n) is 5.54. The van der Waals surface area contributed by atoms with Gasteiger partial charge in [-0.3, -0.25) is 14.4 Å². The number of halogens is 5. The van der Waals surface area contributed by atoms with Gasteiger partial charge in [-0.1, -0.05) is 19.1 Å². The van der Waals surface area contributed by atoms with Gasteiger partial charge in [0.15, 0.2) is 9.84 Å². The predicted octanol–water partition coefficient (Wildman–Crippen LogP) is 5.91. The molecule has 3 atom stereocenters. The fourth-order valence-corrected chi connectivity index (χ4v) is 6.43. The van der Waals surface area contributed by atoms with Crippen LogP contribution >= 0.6 is 0 Å². The van der Waals surface area contributed by atoms with Crippen LogP contribution in [0, 0.1) is 0 Å². The largest absolute Gasteiger partial charge is 0.573 e. The van der Waals surface area contributed by atoms with Gasteiger partial charge in [0.1, 0.15) is 17.6 Å². The van der Waals surface area contributed by atoms with E-state index in [-0.39, 0.29) is 61.0 Å². The number of hydrogen-bond acceptors (Lipinski definition) is 10. The van der Waals surface area contributed by atoms with Crippen molar-refractivity contribution in [1.29, 1.82) is 0 Å². The van der Waals surface area contributed by atoms with Gasteiger partial charge in [-0.2, -0.15) is 8.78 Å². The number of hydrogen-bond donors (Lipinski definition) is 2. The molecule has 0 bridgehead atoms. The van der Waals surface area contributed by atoms with E-state index in [0.717, 1.165) is 12.1 Å². The Hall–Kier alpha value is -4.97. The highest BCUT2D eigenvalue weighted by molar-refractivity contribution is 7.91. The second kappa shape index (κ2) is 18.2. The van der Waals surface area contributed by atoms with Crippen LogP contribution in [0.15, 0.2) is 77.7 Å². The maximum atomic E-state index is 13.4. The van der Waals surface area contributed by atoms with Gasteiger partial charge >= 0.3 is 24.9 Å². The highest BCUT2D eigenvalue weighted by atomic mass is 32.2. The van der Waals surface area contributed by atoms with Crippen LogP contribution in [0.25, 0.3) is 0 Å². The molecule has 1 heterocycles. The summed E-state index contributed by atoms with van der Waals surface area (Å²) in [5.41, 5.74) is 1.26. The Morgan fingerprint density at radius 2 is 1.58 bits per heavy atom. The third-order valence-corrected chi connectivity index (χ3v) is 9.90. The van der Waals surface area contributed by atoms with Crippen molar-refractivity contribution in [2.75, 3.05) is 30.4 Å². The van der Waals surface area contributed by atoms with Crippen molar-refractivity contribution in [3.05, 3.63) is 83.9 Å². The Labute approximate surface area is 301 Å². The Balaban J connectivity index is 1.46. The summed E-state index contributed by atoms with van der Waals surface area (Å²) >= 11 is 0. The van der Waals surface area contributed by atoms with Gasteiger partial charge in [-0.25, -0.2) is 8.42 Å². The van der Waals surface area contributed by atoms with Crippen LogP contribution in [0.2, 0.25) is 0 Å². The number of carboxylic acid groups (broad SMARTS) is 1. The maximum Gasteiger partial charge on any atom is 0.573 e. The van der Waals surface area contributed by atoms with Crippen molar-refractivity contribution < 1.29 is 68.8 Å². The number of aliphatic carboxylic acids is 1. The molecular weight excluding hydrogens is 735 g/mol. The van der Waals surface area contributed by atoms with E-state index < -0.39 is 71.0 Å².